The fourth-order valence-electron chi connectivity index (χ4n) is 5.97. The van der Waals surface area contributed by atoms with Crippen molar-refractivity contribution < 1.29 is 32.2 Å². The Bertz CT molecular complexity index is 2030. The summed E-state index contributed by atoms with van der Waals surface area (Å²) in [6.45, 7) is -2.70. The third-order valence-electron chi connectivity index (χ3n) is 8.24. The van der Waals surface area contributed by atoms with E-state index in [0.717, 1.165) is 0 Å². The standard InChI is InChI=1S/C23H27IN10O8P2S2/c1-8-16-11(41-21(8)33-7-31-14-17(25)27-5-29-19(14)33)4-38-43(36,45)9(2)12-13(24)10(3-39-44(37,46)42-16)40-22(12)34-20-15(32-23(34)35)18(26)28-6-30-20/h5-8,10-13,16,21-22H,2-4H2,1H3,(H,32,35)(H,36,45)(H,37,46)(H2,25,27,29)(H2,26,28,30)/t8-,10?,11+,12+,13?,16?,21+,22+,43+,44?/m0/s1. The smallest absolute Gasteiger partial charge is 0.382 e. The molecule has 7 heterocycles. The zero-order valence-corrected chi connectivity index (χ0v) is 29.4. The van der Waals surface area contributed by atoms with Crippen molar-refractivity contribution in [1.82, 2.24) is 39.0 Å². The van der Waals surface area contributed by atoms with Crippen LogP contribution in [0.15, 0.2) is 35.7 Å². The minimum Gasteiger partial charge on any atom is -0.382 e. The third-order valence-corrected chi connectivity index (χ3v) is 14.1. The molecule has 4 unspecified atom stereocenters. The molecule has 0 amide bonds. The number of nitrogens with zero attached hydrogens (tertiary/aromatic N) is 7. The molecule has 0 aliphatic carbocycles. The van der Waals surface area contributed by atoms with Gasteiger partial charge in [0.25, 0.3) is 6.57 Å². The number of aromatic nitrogens is 8. The maximum atomic E-state index is 14.2. The van der Waals surface area contributed by atoms with Gasteiger partial charge in [-0.2, -0.15) is 0 Å². The highest BCUT2D eigenvalue weighted by Gasteiger charge is 2.53. The molecular weight excluding hydrogens is 797 g/mol. The summed E-state index contributed by atoms with van der Waals surface area (Å²) < 4.78 is 60.5. The number of anilines is 2. The van der Waals surface area contributed by atoms with Crippen molar-refractivity contribution >= 4 is 94.4 Å². The third kappa shape index (κ3) is 5.41. The first-order valence-electron chi connectivity index (χ1n) is 13.7. The highest BCUT2D eigenvalue weighted by molar-refractivity contribution is 14.1. The van der Waals surface area contributed by atoms with Crippen molar-refractivity contribution in [2.75, 3.05) is 24.7 Å². The molecule has 246 valence electrons. The van der Waals surface area contributed by atoms with Crippen LogP contribution in [0.3, 0.4) is 0 Å². The Morgan fingerprint density at radius 3 is 2.43 bits per heavy atom. The second-order valence-electron chi connectivity index (χ2n) is 10.9. The number of nitrogen functional groups attached to an aromatic ring is 2. The highest BCUT2D eigenvalue weighted by Crippen LogP contribution is 2.66. The van der Waals surface area contributed by atoms with Gasteiger partial charge in [0.05, 0.1) is 29.6 Å². The van der Waals surface area contributed by atoms with E-state index >= 15 is 0 Å². The lowest BCUT2D eigenvalue weighted by Gasteiger charge is -2.28. The molecule has 3 saturated heterocycles. The summed E-state index contributed by atoms with van der Waals surface area (Å²) in [5, 5.41) is 0.0761. The van der Waals surface area contributed by atoms with Gasteiger partial charge in [0.15, 0.2) is 22.9 Å². The van der Waals surface area contributed by atoms with Gasteiger partial charge in [-0.05, 0) is 0 Å². The first kappa shape index (κ1) is 32.5. The summed E-state index contributed by atoms with van der Waals surface area (Å²) in [5.74, 6) is -1.07. The molecule has 2 bridgehead atoms. The Labute approximate surface area is 283 Å². The summed E-state index contributed by atoms with van der Waals surface area (Å²) >= 11 is 10.8. The zero-order valence-electron chi connectivity index (χ0n) is 23.7. The molecule has 7 rings (SSSR count). The number of alkyl halides is 1. The van der Waals surface area contributed by atoms with Gasteiger partial charge in [0.1, 0.15) is 48.4 Å². The van der Waals surface area contributed by atoms with Gasteiger partial charge in [-0.15, -0.1) is 0 Å². The predicted molar refractivity (Wildman–Crippen MR) is 180 cm³/mol. The van der Waals surface area contributed by atoms with E-state index in [1.807, 2.05) is 6.92 Å². The van der Waals surface area contributed by atoms with Gasteiger partial charge in [0.2, 0.25) is 0 Å². The van der Waals surface area contributed by atoms with Crippen LogP contribution >= 0.6 is 60.5 Å². The van der Waals surface area contributed by atoms with E-state index in [2.05, 4.69) is 83.6 Å². The fourth-order valence-corrected chi connectivity index (χ4v) is 10.8. The Balaban J connectivity index is 1.24. The van der Waals surface area contributed by atoms with E-state index in [4.69, 9.17) is 34.5 Å². The number of nitrogens with two attached hydrogens (primary N) is 2. The Morgan fingerprint density at radius 2 is 1.67 bits per heavy atom. The number of aromatic amines is 1. The van der Waals surface area contributed by atoms with Gasteiger partial charge in [-0.25, -0.2) is 38.8 Å². The maximum Gasteiger partial charge on any atom is 0.386 e. The van der Waals surface area contributed by atoms with Crippen molar-refractivity contribution in [3.63, 3.8) is 0 Å². The number of H-pyrrole nitrogens is 1. The summed E-state index contributed by atoms with van der Waals surface area (Å²) in [6, 6.07) is 0. The first-order chi connectivity index (χ1) is 21.8. The van der Waals surface area contributed by atoms with Gasteiger partial charge < -0.3 is 30.4 Å². The molecule has 0 radical (unpaired) electrons. The highest BCUT2D eigenvalue weighted by atomic mass is 127. The van der Waals surface area contributed by atoms with E-state index in [9.17, 15) is 13.9 Å². The number of hydrogen-bond acceptors (Lipinski definition) is 15. The molecule has 4 aromatic rings. The Hall–Kier alpha value is -2.07. The van der Waals surface area contributed by atoms with E-state index in [-0.39, 0.29) is 41.3 Å². The minimum atomic E-state index is -4.08. The second-order valence-corrected chi connectivity index (χ2v) is 18.7. The molecule has 0 spiro atoms. The molecule has 0 aromatic carbocycles. The second kappa shape index (κ2) is 11.8. The van der Waals surface area contributed by atoms with E-state index in [1.165, 1.54) is 23.5 Å². The van der Waals surface area contributed by atoms with E-state index < -0.39 is 65.6 Å². The van der Waals surface area contributed by atoms with Crippen molar-refractivity contribution in [1.29, 1.82) is 0 Å². The number of halogens is 1. The molecule has 4 aromatic heterocycles. The lowest BCUT2D eigenvalue weighted by Crippen LogP contribution is -2.32. The van der Waals surface area contributed by atoms with Crippen LogP contribution in [0, 0.1) is 11.8 Å². The molecule has 18 nitrogen and oxygen atoms in total. The first-order valence-corrected chi connectivity index (χ1v) is 20.4. The van der Waals surface area contributed by atoms with Crippen LogP contribution in [0.1, 0.15) is 19.4 Å². The molecular formula is C23H27IN10O8P2S2. The largest absolute Gasteiger partial charge is 0.386 e. The normalized spacial score (nSPS) is 37.2. The van der Waals surface area contributed by atoms with Crippen molar-refractivity contribution in [3.8, 4) is 0 Å². The molecule has 0 saturated carbocycles. The van der Waals surface area contributed by atoms with Crippen molar-refractivity contribution in [2.24, 2.45) is 11.8 Å². The Kier molecular flexibility index (Phi) is 8.34. The number of nitrogens with one attached hydrogen (secondary N) is 1. The van der Waals surface area contributed by atoms with E-state index in [0.29, 0.717) is 11.2 Å². The van der Waals surface area contributed by atoms with Crippen molar-refractivity contribution in [3.05, 3.63) is 41.4 Å². The number of fused-ring (bicyclic) bond motifs is 5. The summed E-state index contributed by atoms with van der Waals surface area (Å²) in [5.41, 5.74) is 12.5. The van der Waals surface area contributed by atoms with Gasteiger partial charge in [-0.3, -0.25) is 18.2 Å². The molecule has 3 aliphatic heterocycles. The zero-order chi connectivity index (χ0) is 32.7. The predicted octanol–water partition coefficient (Wildman–Crippen LogP) is 3.08. The molecule has 46 heavy (non-hydrogen) atoms. The lowest BCUT2D eigenvalue weighted by molar-refractivity contribution is -0.0411. The molecule has 23 heteroatoms. The average molecular weight is 825 g/mol. The number of rotatable bonds is 2. The maximum absolute atomic E-state index is 14.2. The van der Waals surface area contributed by atoms with Crippen LogP contribution in [-0.2, 0) is 32.2 Å². The molecule has 5 N–H and O–H groups in total. The van der Waals surface area contributed by atoms with Crippen LogP contribution < -0.4 is 17.2 Å². The average Bonchev–Trinajstić information content (AvgIpc) is 3.74. The minimum absolute atomic E-state index is 0.0527. The SMILES string of the molecule is C=C1[C@@H]2C(I)C(COP(=O)(S)OC3[C@@H](CO[P@@]1(=O)S)O[C@@H](n1cnc4c(N)ncnc41)[C@H]3C)O[C@H]2n1c(=O)[nH]c2c(N)ncnc21. The van der Waals surface area contributed by atoms with Crippen LogP contribution in [0.2, 0.25) is 0 Å². The Morgan fingerprint density at radius 1 is 1.00 bits per heavy atom. The number of thiol groups is 2. The van der Waals surface area contributed by atoms with Crippen LogP contribution in [0.4, 0.5) is 11.6 Å². The topological polar surface area (TPSA) is 240 Å². The van der Waals surface area contributed by atoms with Crippen LogP contribution in [-0.4, -0.2) is 74.5 Å². The summed E-state index contributed by atoms with van der Waals surface area (Å²) in [7, 11) is 0. The lowest BCUT2D eigenvalue weighted by atomic mass is 10.0. The molecule has 3 aliphatic rings. The van der Waals surface area contributed by atoms with Crippen molar-refractivity contribution in [2.45, 2.75) is 41.6 Å². The summed E-state index contributed by atoms with van der Waals surface area (Å²) in [4.78, 5) is 36.5. The number of ether oxygens (including phenoxy) is 2. The fraction of sp³-hybridized carbons (Fsp3) is 0.478. The summed E-state index contributed by atoms with van der Waals surface area (Å²) in [6.07, 6.45) is -0.479. The van der Waals surface area contributed by atoms with Gasteiger partial charge in [0, 0.05) is 17.2 Å². The quantitative estimate of drug-likeness (QED) is 0.0845. The van der Waals surface area contributed by atoms with Crippen LogP contribution in [0.25, 0.3) is 22.3 Å². The van der Waals surface area contributed by atoms with E-state index in [1.54, 1.807) is 4.57 Å². The monoisotopic (exact) mass is 824 g/mol. The van der Waals surface area contributed by atoms with Gasteiger partial charge in [-0.1, -0.05) is 60.6 Å². The number of hydrogen-bond donors (Lipinski definition) is 5. The number of imidazole rings is 2. The van der Waals surface area contributed by atoms with Gasteiger partial charge >= 0.3 is 12.5 Å². The van der Waals surface area contributed by atoms with Crippen LogP contribution in [0.5, 0.6) is 0 Å². The molecule has 10 atom stereocenters. The molecule has 3 fully saturated rings.